The second-order valence-corrected chi connectivity index (χ2v) is 4.07. The van der Waals surface area contributed by atoms with Gasteiger partial charge in [0.1, 0.15) is 0 Å². The molecule has 0 N–H and O–H groups in total. The number of halogens is 3. The van der Waals surface area contributed by atoms with Gasteiger partial charge in [0.05, 0.1) is 0 Å². The van der Waals surface area contributed by atoms with Crippen LogP contribution in [0.5, 0.6) is 0 Å². The Hall–Kier alpha value is -0.840. The predicted molar refractivity (Wildman–Crippen MR) is 52.7 cm³/mol. The summed E-state index contributed by atoms with van der Waals surface area (Å²) in [5.74, 6) is 0. The van der Waals surface area contributed by atoms with Crippen LogP contribution in [-0.4, -0.2) is 19.6 Å². The molecule has 0 bridgehead atoms. The van der Waals surface area contributed by atoms with Crippen molar-refractivity contribution in [2.24, 2.45) is 0 Å². The molecular formula is C9H10F3NS. The fourth-order valence-electron chi connectivity index (χ4n) is 0.946. The highest BCUT2D eigenvalue weighted by Gasteiger charge is 2.28. The Kier molecular flexibility index (Phi) is 3.31. The third-order valence-corrected chi connectivity index (χ3v) is 2.33. The summed E-state index contributed by atoms with van der Waals surface area (Å²) in [4.78, 5) is 2.05. The van der Waals surface area contributed by atoms with Crippen molar-refractivity contribution in [3.8, 4) is 0 Å². The Morgan fingerprint density at radius 3 is 1.93 bits per heavy atom. The van der Waals surface area contributed by atoms with Gasteiger partial charge in [0.2, 0.25) is 0 Å². The van der Waals surface area contributed by atoms with Gasteiger partial charge in [-0.1, -0.05) is 0 Å². The molecule has 0 aliphatic carbocycles. The SMILES string of the molecule is CN(C)c1ccc(SC(F)(F)F)cc1. The predicted octanol–water partition coefficient (Wildman–Crippen LogP) is 3.36. The second kappa shape index (κ2) is 4.13. The van der Waals surface area contributed by atoms with Crippen molar-refractivity contribution in [3.05, 3.63) is 24.3 Å². The topological polar surface area (TPSA) is 3.24 Å². The zero-order chi connectivity index (χ0) is 10.8. The number of hydrogen-bond donors (Lipinski definition) is 0. The number of hydrogen-bond acceptors (Lipinski definition) is 2. The Morgan fingerprint density at radius 1 is 1.07 bits per heavy atom. The molecule has 78 valence electrons. The maximum absolute atomic E-state index is 12.0. The van der Waals surface area contributed by atoms with Gasteiger partial charge in [-0.25, -0.2) is 0 Å². The van der Waals surface area contributed by atoms with Crippen molar-refractivity contribution in [2.75, 3.05) is 19.0 Å². The van der Waals surface area contributed by atoms with Crippen LogP contribution in [0.1, 0.15) is 0 Å². The lowest BCUT2D eigenvalue weighted by Gasteiger charge is -2.12. The molecule has 0 atom stereocenters. The van der Waals surface area contributed by atoms with E-state index in [0.717, 1.165) is 5.69 Å². The van der Waals surface area contributed by atoms with Gasteiger partial charge < -0.3 is 4.90 Å². The Labute approximate surface area is 84.9 Å². The Bertz CT molecular complexity index is 292. The molecule has 14 heavy (non-hydrogen) atoms. The second-order valence-electron chi connectivity index (χ2n) is 2.94. The van der Waals surface area contributed by atoms with Crippen molar-refractivity contribution in [1.29, 1.82) is 0 Å². The molecule has 0 fully saturated rings. The molecule has 0 spiro atoms. The fraction of sp³-hybridized carbons (Fsp3) is 0.333. The number of rotatable bonds is 2. The lowest BCUT2D eigenvalue weighted by molar-refractivity contribution is -0.0328. The standard InChI is InChI=1S/C9H10F3NS/c1-13(2)7-3-5-8(6-4-7)14-9(10,11)12/h3-6H,1-2H3. The van der Waals surface area contributed by atoms with Gasteiger partial charge in [-0.3, -0.25) is 0 Å². The van der Waals surface area contributed by atoms with Gasteiger partial charge >= 0.3 is 5.51 Å². The molecule has 0 saturated heterocycles. The molecule has 1 aromatic carbocycles. The monoisotopic (exact) mass is 221 g/mol. The van der Waals surface area contributed by atoms with Crippen LogP contribution in [0.2, 0.25) is 0 Å². The fourth-order valence-corrected chi connectivity index (χ4v) is 1.49. The summed E-state index contributed by atoms with van der Waals surface area (Å²) in [7, 11) is 3.68. The first-order valence-corrected chi connectivity index (χ1v) is 4.73. The van der Waals surface area contributed by atoms with Crippen LogP contribution in [-0.2, 0) is 0 Å². The van der Waals surface area contributed by atoms with Crippen molar-refractivity contribution in [1.82, 2.24) is 0 Å². The minimum atomic E-state index is -4.21. The molecule has 0 amide bonds. The Morgan fingerprint density at radius 2 is 1.57 bits per heavy atom. The average Bonchev–Trinajstić information content (AvgIpc) is 2.02. The zero-order valence-electron chi connectivity index (χ0n) is 7.80. The van der Waals surface area contributed by atoms with E-state index in [1.165, 1.54) is 12.1 Å². The lowest BCUT2D eigenvalue weighted by Crippen LogP contribution is -2.08. The van der Waals surface area contributed by atoms with Gasteiger partial charge in [0.25, 0.3) is 0 Å². The molecule has 5 heteroatoms. The highest BCUT2D eigenvalue weighted by atomic mass is 32.2. The maximum Gasteiger partial charge on any atom is 0.446 e. The summed E-state index contributed by atoms with van der Waals surface area (Å²) in [6.07, 6.45) is 0. The first-order valence-electron chi connectivity index (χ1n) is 3.91. The third-order valence-electron chi connectivity index (χ3n) is 1.59. The first kappa shape index (κ1) is 11.2. The molecule has 0 unspecified atom stereocenters. The summed E-state index contributed by atoms with van der Waals surface area (Å²) in [5.41, 5.74) is -3.32. The number of benzene rings is 1. The molecule has 0 radical (unpaired) electrons. The largest absolute Gasteiger partial charge is 0.446 e. The Balaban J connectivity index is 2.74. The number of nitrogens with zero attached hydrogens (tertiary/aromatic N) is 1. The summed E-state index contributed by atoms with van der Waals surface area (Å²) in [6.45, 7) is 0. The van der Waals surface area contributed by atoms with Crippen LogP contribution in [0.25, 0.3) is 0 Å². The van der Waals surface area contributed by atoms with E-state index < -0.39 is 5.51 Å². The van der Waals surface area contributed by atoms with Gasteiger partial charge in [0.15, 0.2) is 0 Å². The first-order chi connectivity index (χ1) is 6.38. The molecule has 0 aromatic heterocycles. The van der Waals surface area contributed by atoms with Crippen LogP contribution in [0, 0.1) is 0 Å². The summed E-state index contributed by atoms with van der Waals surface area (Å²) in [5, 5.41) is 0. The highest BCUT2D eigenvalue weighted by Crippen LogP contribution is 2.37. The molecule has 0 aliphatic rings. The van der Waals surface area contributed by atoms with Gasteiger partial charge in [0, 0.05) is 24.7 Å². The van der Waals surface area contributed by atoms with Crippen molar-refractivity contribution in [2.45, 2.75) is 10.4 Å². The van der Waals surface area contributed by atoms with Crippen LogP contribution >= 0.6 is 11.8 Å². The van der Waals surface area contributed by atoms with E-state index >= 15 is 0 Å². The van der Waals surface area contributed by atoms with E-state index in [0.29, 0.717) is 0 Å². The van der Waals surface area contributed by atoms with Crippen molar-refractivity contribution in [3.63, 3.8) is 0 Å². The van der Waals surface area contributed by atoms with Crippen LogP contribution < -0.4 is 4.90 Å². The molecule has 0 heterocycles. The summed E-state index contributed by atoms with van der Waals surface area (Å²) < 4.78 is 35.9. The van der Waals surface area contributed by atoms with E-state index in [1.54, 1.807) is 12.1 Å². The molecular weight excluding hydrogens is 211 g/mol. The van der Waals surface area contributed by atoms with Gasteiger partial charge in [-0.15, -0.1) is 0 Å². The van der Waals surface area contributed by atoms with Crippen LogP contribution in [0.15, 0.2) is 29.2 Å². The average molecular weight is 221 g/mol. The number of alkyl halides is 3. The minimum absolute atomic E-state index is 0.0974. The van der Waals surface area contributed by atoms with Gasteiger partial charge in [-0.2, -0.15) is 13.2 Å². The smallest absolute Gasteiger partial charge is 0.378 e. The van der Waals surface area contributed by atoms with E-state index in [-0.39, 0.29) is 16.7 Å². The minimum Gasteiger partial charge on any atom is -0.378 e. The third kappa shape index (κ3) is 3.49. The summed E-state index contributed by atoms with van der Waals surface area (Å²) >= 11 is -0.0974. The zero-order valence-corrected chi connectivity index (χ0v) is 8.62. The maximum atomic E-state index is 12.0. The van der Waals surface area contributed by atoms with E-state index in [9.17, 15) is 13.2 Å². The normalized spacial score (nSPS) is 11.5. The van der Waals surface area contributed by atoms with Gasteiger partial charge in [-0.05, 0) is 36.0 Å². The van der Waals surface area contributed by atoms with Crippen LogP contribution in [0.3, 0.4) is 0 Å². The molecule has 1 rings (SSSR count). The molecule has 0 aliphatic heterocycles. The van der Waals surface area contributed by atoms with Crippen LogP contribution in [0.4, 0.5) is 18.9 Å². The van der Waals surface area contributed by atoms with E-state index in [1.807, 2.05) is 19.0 Å². The number of thioether (sulfide) groups is 1. The number of anilines is 1. The quantitative estimate of drug-likeness (QED) is 0.704. The van der Waals surface area contributed by atoms with Crippen molar-refractivity contribution >= 4 is 17.4 Å². The van der Waals surface area contributed by atoms with E-state index in [2.05, 4.69) is 0 Å². The lowest BCUT2D eigenvalue weighted by atomic mass is 10.3. The van der Waals surface area contributed by atoms with Crippen molar-refractivity contribution < 1.29 is 13.2 Å². The molecule has 1 aromatic rings. The summed E-state index contributed by atoms with van der Waals surface area (Å²) in [6, 6.07) is 6.25. The molecule has 1 nitrogen and oxygen atoms in total. The van der Waals surface area contributed by atoms with E-state index in [4.69, 9.17) is 0 Å². The highest BCUT2D eigenvalue weighted by molar-refractivity contribution is 8.00. The molecule has 0 saturated carbocycles.